The molecule has 0 aliphatic heterocycles. The number of hydrogen-bond donors (Lipinski definition) is 1. The van der Waals surface area contributed by atoms with Crippen LogP contribution >= 0.6 is 22.9 Å². The van der Waals surface area contributed by atoms with Crippen molar-refractivity contribution in [3.8, 4) is 11.5 Å². The van der Waals surface area contributed by atoms with Crippen molar-refractivity contribution in [1.82, 2.24) is 0 Å². The molecule has 22 heavy (non-hydrogen) atoms. The zero-order valence-corrected chi connectivity index (χ0v) is 14.9. The highest BCUT2D eigenvalue weighted by molar-refractivity contribution is 7.93. The van der Waals surface area contributed by atoms with Gasteiger partial charge in [-0.2, -0.15) is 0 Å². The van der Waals surface area contributed by atoms with Crippen molar-refractivity contribution in [3.63, 3.8) is 0 Å². The Bertz CT molecular complexity index is 799. The second-order valence-electron chi connectivity index (χ2n) is 4.57. The van der Waals surface area contributed by atoms with Gasteiger partial charge in [0.25, 0.3) is 10.0 Å². The summed E-state index contributed by atoms with van der Waals surface area (Å²) in [6.45, 7) is 3.63. The number of rotatable bonds is 5. The SMILES string of the molecule is COc1cc(NS(=O)(=O)c2cc(C)sc2C)c(OC)cc1Cl. The van der Waals surface area contributed by atoms with Crippen LogP contribution in [-0.4, -0.2) is 22.6 Å². The van der Waals surface area contributed by atoms with Crippen molar-refractivity contribution in [2.24, 2.45) is 0 Å². The molecule has 0 atom stereocenters. The Hall–Kier alpha value is -1.44. The number of sulfonamides is 1. The third-order valence-corrected chi connectivity index (χ3v) is 5.89. The molecule has 0 saturated heterocycles. The van der Waals surface area contributed by atoms with Gasteiger partial charge in [0.15, 0.2) is 0 Å². The predicted molar refractivity (Wildman–Crippen MR) is 89.2 cm³/mol. The van der Waals surface area contributed by atoms with E-state index >= 15 is 0 Å². The Balaban J connectivity index is 2.47. The summed E-state index contributed by atoms with van der Waals surface area (Å²) in [5.74, 6) is 0.678. The Morgan fingerprint density at radius 1 is 1.09 bits per heavy atom. The van der Waals surface area contributed by atoms with Crippen LogP contribution in [0.25, 0.3) is 0 Å². The number of methoxy groups -OCH3 is 2. The lowest BCUT2D eigenvalue weighted by Gasteiger charge is -2.14. The number of aryl methyl sites for hydroxylation is 2. The van der Waals surface area contributed by atoms with Crippen molar-refractivity contribution in [2.75, 3.05) is 18.9 Å². The van der Waals surface area contributed by atoms with Crippen LogP contribution in [0.4, 0.5) is 5.69 Å². The van der Waals surface area contributed by atoms with Crippen LogP contribution in [0.3, 0.4) is 0 Å². The van der Waals surface area contributed by atoms with Crippen LogP contribution in [-0.2, 0) is 10.0 Å². The lowest BCUT2D eigenvalue weighted by Crippen LogP contribution is -2.14. The largest absolute Gasteiger partial charge is 0.495 e. The highest BCUT2D eigenvalue weighted by Crippen LogP contribution is 2.37. The summed E-state index contributed by atoms with van der Waals surface area (Å²) in [4.78, 5) is 1.91. The average Bonchev–Trinajstić information content (AvgIpc) is 2.79. The maximum absolute atomic E-state index is 12.6. The number of anilines is 1. The van der Waals surface area contributed by atoms with Crippen LogP contribution in [0.1, 0.15) is 9.75 Å². The molecule has 1 aromatic carbocycles. The number of benzene rings is 1. The van der Waals surface area contributed by atoms with Crippen molar-refractivity contribution in [2.45, 2.75) is 18.7 Å². The summed E-state index contributed by atoms with van der Waals surface area (Å²) >= 11 is 7.45. The topological polar surface area (TPSA) is 64.6 Å². The molecule has 0 fully saturated rings. The summed E-state index contributed by atoms with van der Waals surface area (Å²) in [7, 11) is -0.815. The van der Waals surface area contributed by atoms with E-state index in [2.05, 4.69) is 4.72 Å². The molecule has 0 aliphatic carbocycles. The van der Waals surface area contributed by atoms with Gasteiger partial charge in [-0.1, -0.05) is 11.6 Å². The summed E-state index contributed by atoms with van der Waals surface area (Å²) in [6.07, 6.45) is 0. The molecule has 1 N–H and O–H groups in total. The molecule has 0 aliphatic rings. The molecule has 1 aromatic heterocycles. The second-order valence-corrected chi connectivity index (χ2v) is 8.09. The van der Waals surface area contributed by atoms with E-state index in [4.69, 9.17) is 21.1 Å². The Morgan fingerprint density at radius 2 is 1.73 bits per heavy atom. The van der Waals surface area contributed by atoms with E-state index in [0.717, 1.165) is 9.75 Å². The number of nitrogens with one attached hydrogen (secondary N) is 1. The van der Waals surface area contributed by atoms with Crippen molar-refractivity contribution >= 4 is 38.6 Å². The van der Waals surface area contributed by atoms with Crippen molar-refractivity contribution < 1.29 is 17.9 Å². The number of hydrogen-bond acceptors (Lipinski definition) is 5. The van der Waals surface area contributed by atoms with E-state index in [1.165, 1.54) is 37.7 Å². The number of halogens is 1. The summed E-state index contributed by atoms with van der Waals surface area (Å²) in [5, 5.41) is 0.338. The fraction of sp³-hybridized carbons (Fsp3) is 0.286. The molecule has 5 nitrogen and oxygen atoms in total. The molecule has 0 bridgehead atoms. The molecule has 0 amide bonds. The smallest absolute Gasteiger partial charge is 0.263 e. The van der Waals surface area contributed by atoms with E-state index < -0.39 is 10.0 Å². The van der Waals surface area contributed by atoms with E-state index in [-0.39, 0.29) is 10.6 Å². The van der Waals surface area contributed by atoms with E-state index in [1.54, 1.807) is 13.0 Å². The van der Waals surface area contributed by atoms with E-state index in [0.29, 0.717) is 16.5 Å². The maximum Gasteiger partial charge on any atom is 0.263 e. The molecule has 2 aromatic rings. The normalized spacial score (nSPS) is 11.3. The highest BCUT2D eigenvalue weighted by atomic mass is 35.5. The molecule has 0 radical (unpaired) electrons. The van der Waals surface area contributed by atoms with E-state index in [1.807, 2.05) is 6.92 Å². The lowest BCUT2D eigenvalue weighted by atomic mass is 10.3. The van der Waals surface area contributed by atoms with Crippen molar-refractivity contribution in [3.05, 3.63) is 33.0 Å². The number of thiophene rings is 1. The molecule has 120 valence electrons. The first-order valence-corrected chi connectivity index (χ1v) is 8.97. The summed E-state index contributed by atoms with van der Waals surface area (Å²) < 4.78 is 37.9. The Kier molecular flexibility index (Phi) is 4.89. The van der Waals surface area contributed by atoms with Crippen LogP contribution < -0.4 is 14.2 Å². The highest BCUT2D eigenvalue weighted by Gasteiger charge is 2.22. The molecule has 1 heterocycles. The summed E-state index contributed by atoms with van der Waals surface area (Å²) in [5.41, 5.74) is 0.270. The van der Waals surface area contributed by atoms with E-state index in [9.17, 15) is 8.42 Å². The minimum atomic E-state index is -3.71. The van der Waals surface area contributed by atoms with Crippen LogP contribution in [0, 0.1) is 13.8 Å². The van der Waals surface area contributed by atoms with Gasteiger partial charge in [0.2, 0.25) is 0 Å². The molecule has 0 spiro atoms. The van der Waals surface area contributed by atoms with Gasteiger partial charge in [0.1, 0.15) is 16.4 Å². The van der Waals surface area contributed by atoms with Gasteiger partial charge >= 0.3 is 0 Å². The molecule has 2 rings (SSSR count). The van der Waals surface area contributed by atoms with Gasteiger partial charge in [-0.15, -0.1) is 11.3 Å². The third kappa shape index (κ3) is 3.31. The van der Waals surface area contributed by atoms with Gasteiger partial charge in [0, 0.05) is 21.9 Å². The standard InChI is InChI=1S/C14H16ClNO4S2/c1-8-5-14(9(2)21-8)22(17,18)16-11-7-12(19-3)10(15)6-13(11)20-4/h5-7,16H,1-4H3. The van der Waals surface area contributed by atoms with Gasteiger partial charge in [-0.3, -0.25) is 4.72 Å². The van der Waals surface area contributed by atoms with Gasteiger partial charge in [0.05, 0.1) is 24.9 Å². The molecular formula is C14H16ClNO4S2. The van der Waals surface area contributed by atoms with Crippen LogP contribution in [0.2, 0.25) is 5.02 Å². The van der Waals surface area contributed by atoms with Crippen LogP contribution in [0.15, 0.2) is 23.1 Å². The minimum absolute atomic E-state index is 0.256. The first kappa shape index (κ1) is 16.9. The van der Waals surface area contributed by atoms with Gasteiger partial charge in [-0.05, 0) is 19.9 Å². The molecule has 0 unspecified atom stereocenters. The first-order chi connectivity index (χ1) is 10.3. The van der Waals surface area contributed by atoms with Crippen molar-refractivity contribution in [1.29, 1.82) is 0 Å². The zero-order chi connectivity index (χ0) is 16.5. The maximum atomic E-state index is 12.6. The Labute approximate surface area is 138 Å². The zero-order valence-electron chi connectivity index (χ0n) is 12.6. The fourth-order valence-corrected chi connectivity index (χ4v) is 4.86. The average molecular weight is 362 g/mol. The predicted octanol–water partition coefficient (Wildman–Crippen LogP) is 3.84. The molecule has 0 saturated carbocycles. The Morgan fingerprint density at radius 3 is 2.23 bits per heavy atom. The molecular weight excluding hydrogens is 346 g/mol. The third-order valence-electron chi connectivity index (χ3n) is 3.00. The quantitative estimate of drug-likeness (QED) is 0.878. The first-order valence-electron chi connectivity index (χ1n) is 6.30. The number of ether oxygens (including phenoxy) is 2. The fourth-order valence-electron chi connectivity index (χ4n) is 2.01. The second kappa shape index (κ2) is 6.36. The van der Waals surface area contributed by atoms with Crippen LogP contribution in [0.5, 0.6) is 11.5 Å². The lowest BCUT2D eigenvalue weighted by molar-refractivity contribution is 0.405. The summed E-state index contributed by atoms with van der Waals surface area (Å²) in [6, 6.07) is 4.64. The molecule has 8 heteroatoms. The minimum Gasteiger partial charge on any atom is -0.495 e. The van der Waals surface area contributed by atoms with Gasteiger partial charge < -0.3 is 9.47 Å². The monoisotopic (exact) mass is 361 g/mol. The van der Waals surface area contributed by atoms with Gasteiger partial charge in [-0.25, -0.2) is 8.42 Å².